The molecule has 9 nitrogen and oxygen atoms in total. The number of nitrogens with zero attached hydrogens (tertiary/aromatic N) is 4. The summed E-state index contributed by atoms with van der Waals surface area (Å²) in [4.78, 5) is 6.77. The highest BCUT2D eigenvalue weighted by Gasteiger charge is 2.12. The number of nitrogens with one attached hydrogen (secondary N) is 2. The number of anilines is 3. The number of hydrogen-bond acceptors (Lipinski definition) is 9. The maximum Gasteiger partial charge on any atom is 0.244 e. The van der Waals surface area contributed by atoms with Crippen LogP contribution in [0.5, 0.6) is 11.5 Å². The zero-order valence-electron chi connectivity index (χ0n) is 15.4. The van der Waals surface area contributed by atoms with E-state index >= 15 is 0 Å². The van der Waals surface area contributed by atoms with Crippen molar-refractivity contribution in [2.45, 2.75) is 0 Å². The molecule has 1 fully saturated rings. The van der Waals surface area contributed by atoms with Crippen LogP contribution in [0.4, 0.5) is 17.5 Å². The van der Waals surface area contributed by atoms with E-state index in [1.165, 1.54) is 6.20 Å². The first-order valence-corrected chi connectivity index (χ1v) is 8.99. The second-order valence-electron chi connectivity index (χ2n) is 5.86. The van der Waals surface area contributed by atoms with Crippen LogP contribution in [0.3, 0.4) is 0 Å². The van der Waals surface area contributed by atoms with E-state index in [-0.39, 0.29) is 0 Å². The van der Waals surface area contributed by atoms with Gasteiger partial charge in [0.05, 0.1) is 44.3 Å². The second-order valence-corrected chi connectivity index (χ2v) is 6.27. The molecule has 2 aromatic rings. The van der Waals surface area contributed by atoms with Gasteiger partial charge in [0.1, 0.15) is 11.5 Å². The lowest BCUT2D eigenvalue weighted by Gasteiger charge is -2.26. The highest BCUT2D eigenvalue weighted by Crippen LogP contribution is 2.36. The summed E-state index contributed by atoms with van der Waals surface area (Å²) in [6.07, 6.45) is 1.54. The van der Waals surface area contributed by atoms with Gasteiger partial charge in [-0.1, -0.05) is 11.6 Å². The molecule has 1 aromatic heterocycles. The van der Waals surface area contributed by atoms with E-state index in [2.05, 4.69) is 30.7 Å². The maximum absolute atomic E-state index is 6.14. The van der Waals surface area contributed by atoms with Gasteiger partial charge >= 0.3 is 0 Å². The zero-order valence-corrected chi connectivity index (χ0v) is 16.1. The second kappa shape index (κ2) is 9.54. The lowest BCUT2D eigenvalue weighted by Crippen LogP contribution is -2.39. The highest BCUT2D eigenvalue weighted by molar-refractivity contribution is 6.32. The Morgan fingerprint density at radius 2 is 1.96 bits per heavy atom. The largest absolute Gasteiger partial charge is 0.495 e. The summed E-state index contributed by atoms with van der Waals surface area (Å²) in [7, 11) is 3.13. The van der Waals surface area contributed by atoms with Gasteiger partial charge in [-0.05, 0) is 0 Å². The lowest BCUT2D eigenvalue weighted by atomic mass is 10.2. The summed E-state index contributed by atoms with van der Waals surface area (Å²) >= 11 is 6.14. The molecule has 0 saturated carbocycles. The molecule has 0 amide bonds. The average Bonchev–Trinajstić information content (AvgIpc) is 2.70. The number of halogens is 1. The molecule has 0 atom stereocenters. The van der Waals surface area contributed by atoms with E-state index in [4.69, 9.17) is 25.8 Å². The van der Waals surface area contributed by atoms with E-state index in [9.17, 15) is 0 Å². The number of methoxy groups -OCH3 is 2. The zero-order chi connectivity index (χ0) is 19.1. The minimum atomic E-state index is 0.452. The fraction of sp³-hybridized carbons (Fsp3) is 0.471. The number of hydrogen-bond donors (Lipinski definition) is 2. The molecule has 0 unspecified atom stereocenters. The van der Waals surface area contributed by atoms with E-state index in [0.717, 1.165) is 39.4 Å². The monoisotopic (exact) mass is 394 g/mol. The van der Waals surface area contributed by atoms with Crippen LogP contribution in [0.1, 0.15) is 0 Å². The third kappa shape index (κ3) is 5.31. The smallest absolute Gasteiger partial charge is 0.244 e. The van der Waals surface area contributed by atoms with Gasteiger partial charge in [-0.15, -0.1) is 5.10 Å². The summed E-state index contributed by atoms with van der Waals surface area (Å²) in [6, 6.07) is 3.42. The van der Waals surface area contributed by atoms with Crippen molar-refractivity contribution in [1.29, 1.82) is 0 Å². The Hall–Kier alpha value is -2.36. The molecule has 0 aliphatic carbocycles. The standard InChI is InChI=1S/C17H23ClN6O3/c1-25-14-10-13(15(26-2)9-12(14)18)21-16-11-20-23-17(22-16)19-3-4-24-5-7-27-8-6-24/h9-11H,3-8H2,1-2H3,(H2,19,21,22,23). The van der Waals surface area contributed by atoms with Crippen LogP contribution in [0.15, 0.2) is 18.3 Å². The van der Waals surface area contributed by atoms with Crippen LogP contribution in [0.2, 0.25) is 5.02 Å². The molecule has 10 heteroatoms. The summed E-state index contributed by atoms with van der Waals surface area (Å²) < 4.78 is 16.0. The van der Waals surface area contributed by atoms with Crippen LogP contribution in [-0.2, 0) is 4.74 Å². The van der Waals surface area contributed by atoms with Crippen molar-refractivity contribution in [2.75, 3.05) is 64.2 Å². The minimum Gasteiger partial charge on any atom is -0.495 e. The molecule has 1 aliphatic rings. The highest BCUT2D eigenvalue weighted by atomic mass is 35.5. The summed E-state index contributed by atoms with van der Waals surface area (Å²) in [5.74, 6) is 2.08. The first-order chi connectivity index (χ1) is 13.2. The van der Waals surface area contributed by atoms with Gasteiger partial charge in [-0.2, -0.15) is 10.1 Å². The van der Waals surface area contributed by atoms with Crippen molar-refractivity contribution in [3.8, 4) is 11.5 Å². The van der Waals surface area contributed by atoms with Crippen molar-refractivity contribution in [3.05, 3.63) is 23.4 Å². The molecule has 0 radical (unpaired) electrons. The fourth-order valence-electron chi connectivity index (χ4n) is 2.69. The normalized spacial score (nSPS) is 14.6. The molecular formula is C17H23ClN6O3. The van der Waals surface area contributed by atoms with Gasteiger partial charge in [0, 0.05) is 38.3 Å². The molecule has 1 saturated heterocycles. The van der Waals surface area contributed by atoms with Crippen LogP contribution < -0.4 is 20.1 Å². The van der Waals surface area contributed by atoms with E-state index in [0.29, 0.717) is 34.0 Å². The Labute approximate surface area is 163 Å². The molecular weight excluding hydrogens is 372 g/mol. The molecule has 2 heterocycles. The third-order valence-electron chi connectivity index (χ3n) is 4.11. The van der Waals surface area contributed by atoms with Crippen molar-refractivity contribution < 1.29 is 14.2 Å². The van der Waals surface area contributed by atoms with Gasteiger partial charge in [-0.3, -0.25) is 4.90 Å². The van der Waals surface area contributed by atoms with Crippen LogP contribution in [-0.4, -0.2) is 73.7 Å². The van der Waals surface area contributed by atoms with E-state index in [1.807, 2.05) is 0 Å². The van der Waals surface area contributed by atoms with Crippen molar-refractivity contribution in [2.24, 2.45) is 0 Å². The Bertz CT molecular complexity index is 757. The van der Waals surface area contributed by atoms with Crippen LogP contribution in [0.25, 0.3) is 0 Å². The molecule has 1 aliphatic heterocycles. The first-order valence-electron chi connectivity index (χ1n) is 8.62. The number of morpholine rings is 1. The minimum absolute atomic E-state index is 0.452. The van der Waals surface area contributed by atoms with E-state index < -0.39 is 0 Å². The Morgan fingerprint density at radius 3 is 2.70 bits per heavy atom. The molecule has 0 bridgehead atoms. The molecule has 146 valence electrons. The molecule has 1 aromatic carbocycles. The van der Waals surface area contributed by atoms with Crippen molar-refractivity contribution >= 4 is 29.1 Å². The van der Waals surface area contributed by atoms with Crippen LogP contribution in [0, 0.1) is 0 Å². The van der Waals surface area contributed by atoms with Gasteiger partial charge in [0.2, 0.25) is 5.95 Å². The maximum atomic E-state index is 6.14. The summed E-state index contributed by atoms with van der Waals surface area (Å²) in [5, 5.41) is 14.8. The topological polar surface area (TPSA) is 93.7 Å². The van der Waals surface area contributed by atoms with Crippen molar-refractivity contribution in [3.63, 3.8) is 0 Å². The molecule has 2 N–H and O–H groups in total. The van der Waals surface area contributed by atoms with Gasteiger partial charge in [0.15, 0.2) is 5.82 Å². The first kappa shape index (κ1) is 19.4. The molecule has 27 heavy (non-hydrogen) atoms. The summed E-state index contributed by atoms with van der Waals surface area (Å²) in [5.41, 5.74) is 0.665. The van der Waals surface area contributed by atoms with Gasteiger partial charge in [-0.25, -0.2) is 0 Å². The number of ether oxygens (including phenoxy) is 3. The lowest BCUT2D eigenvalue weighted by molar-refractivity contribution is 0.0398. The number of aromatic nitrogens is 3. The fourth-order valence-corrected chi connectivity index (χ4v) is 2.92. The van der Waals surface area contributed by atoms with Crippen LogP contribution >= 0.6 is 11.6 Å². The predicted octanol–water partition coefficient (Wildman–Crippen LogP) is 2.03. The molecule has 0 spiro atoms. The third-order valence-corrected chi connectivity index (χ3v) is 4.41. The SMILES string of the molecule is COc1cc(Nc2cnnc(NCCN3CCOCC3)n2)c(OC)cc1Cl. The Morgan fingerprint density at radius 1 is 1.19 bits per heavy atom. The Balaban J connectivity index is 1.63. The average molecular weight is 395 g/mol. The van der Waals surface area contributed by atoms with Gasteiger partial charge < -0.3 is 24.8 Å². The van der Waals surface area contributed by atoms with E-state index in [1.54, 1.807) is 26.4 Å². The van der Waals surface area contributed by atoms with Crippen molar-refractivity contribution in [1.82, 2.24) is 20.1 Å². The quantitative estimate of drug-likeness (QED) is 0.697. The summed E-state index contributed by atoms with van der Waals surface area (Å²) in [6.45, 7) is 5.07. The molecule has 3 rings (SSSR count). The van der Waals surface area contributed by atoms with Gasteiger partial charge in [0.25, 0.3) is 0 Å². The number of benzene rings is 1. The Kier molecular flexibility index (Phi) is 6.86. The number of rotatable bonds is 8. The predicted molar refractivity (Wildman–Crippen MR) is 103 cm³/mol.